The van der Waals surface area contributed by atoms with Gasteiger partial charge >= 0.3 is 6.09 Å². The van der Waals surface area contributed by atoms with Crippen LogP contribution in [-0.4, -0.2) is 27.7 Å². The lowest BCUT2D eigenvalue weighted by Crippen LogP contribution is -2.25. The third kappa shape index (κ3) is 8.10. The van der Waals surface area contributed by atoms with Crippen LogP contribution >= 0.6 is 0 Å². The minimum absolute atomic E-state index is 0.156. The maximum Gasteiger partial charge on any atom is 0.407 e. The van der Waals surface area contributed by atoms with Gasteiger partial charge in [-0.05, 0) is 37.5 Å². The molecule has 0 saturated carbocycles. The highest BCUT2D eigenvalue weighted by atomic mass is 32.2. The van der Waals surface area contributed by atoms with Crippen LogP contribution in [0.1, 0.15) is 36.8 Å². The highest BCUT2D eigenvalue weighted by Crippen LogP contribution is 2.14. The summed E-state index contributed by atoms with van der Waals surface area (Å²) in [4.78, 5) is 11.8. The Hall–Kier alpha value is -2.38. The lowest BCUT2D eigenvalue weighted by atomic mass is 10.2. The minimum atomic E-state index is -3.69. The molecule has 0 saturated heterocycles. The van der Waals surface area contributed by atoms with Crippen molar-refractivity contribution in [2.24, 2.45) is 0 Å². The number of hydrogen-bond acceptors (Lipinski definition) is 5. The molecule has 152 valence electrons. The van der Waals surface area contributed by atoms with E-state index >= 15 is 0 Å². The third-order valence-corrected chi connectivity index (χ3v) is 5.43. The predicted molar refractivity (Wildman–Crippen MR) is 107 cm³/mol. The third-order valence-electron chi connectivity index (χ3n) is 4.10. The number of carbonyl (C=O) groups excluding carboxylic acids is 1. The molecule has 2 aromatic carbocycles. The zero-order valence-corrected chi connectivity index (χ0v) is 16.9. The van der Waals surface area contributed by atoms with Gasteiger partial charge in [-0.15, -0.1) is 0 Å². The zero-order valence-electron chi connectivity index (χ0n) is 16.1. The summed E-state index contributed by atoms with van der Waals surface area (Å²) in [7, 11) is -3.69. The maximum atomic E-state index is 12.0. The molecular weight excluding hydrogens is 378 g/mol. The van der Waals surface area contributed by atoms with Gasteiger partial charge < -0.3 is 10.1 Å². The van der Waals surface area contributed by atoms with Gasteiger partial charge in [0.15, 0.2) is 0 Å². The van der Waals surface area contributed by atoms with E-state index in [4.69, 9.17) is 8.92 Å². The number of rotatable bonds is 11. The number of ether oxygens (including phenoxy) is 1. The highest BCUT2D eigenvalue weighted by Gasteiger charge is 2.14. The Morgan fingerprint density at radius 3 is 2.32 bits per heavy atom. The van der Waals surface area contributed by atoms with Crippen LogP contribution in [0, 0.1) is 6.92 Å². The van der Waals surface area contributed by atoms with Gasteiger partial charge in [-0.3, -0.25) is 4.18 Å². The fraction of sp³-hybridized carbons (Fsp3) is 0.381. The van der Waals surface area contributed by atoms with E-state index in [2.05, 4.69) is 5.32 Å². The summed E-state index contributed by atoms with van der Waals surface area (Å²) in [6.45, 7) is 2.83. The van der Waals surface area contributed by atoms with Gasteiger partial charge in [-0.2, -0.15) is 8.42 Å². The van der Waals surface area contributed by atoms with Crippen LogP contribution in [0.4, 0.5) is 4.79 Å². The Morgan fingerprint density at radius 2 is 1.61 bits per heavy atom. The number of unbranched alkanes of at least 4 members (excludes halogenated alkanes) is 3. The summed E-state index contributed by atoms with van der Waals surface area (Å²) in [6.07, 6.45) is 2.70. The van der Waals surface area contributed by atoms with E-state index in [-0.39, 0.29) is 18.1 Å². The molecule has 0 unspecified atom stereocenters. The Labute approximate surface area is 167 Å². The smallest absolute Gasteiger partial charge is 0.407 e. The summed E-state index contributed by atoms with van der Waals surface area (Å²) < 4.78 is 34.2. The summed E-state index contributed by atoms with van der Waals surface area (Å²) in [5.41, 5.74) is 1.94. The van der Waals surface area contributed by atoms with Crippen LogP contribution in [-0.2, 0) is 25.6 Å². The van der Waals surface area contributed by atoms with Crippen molar-refractivity contribution in [3.05, 3.63) is 65.7 Å². The molecule has 0 fully saturated rings. The van der Waals surface area contributed by atoms with E-state index < -0.39 is 16.2 Å². The van der Waals surface area contributed by atoms with Gasteiger partial charge in [0.2, 0.25) is 0 Å². The molecule has 28 heavy (non-hydrogen) atoms. The van der Waals surface area contributed by atoms with Crippen LogP contribution in [0.2, 0.25) is 0 Å². The number of hydrogen-bond donors (Lipinski definition) is 1. The zero-order chi connectivity index (χ0) is 20.2. The Bertz CT molecular complexity index is 820. The van der Waals surface area contributed by atoms with Crippen molar-refractivity contribution in [2.75, 3.05) is 13.2 Å². The molecule has 0 bridgehead atoms. The number of aryl methyl sites for hydroxylation is 1. The van der Waals surface area contributed by atoms with Gasteiger partial charge in [0, 0.05) is 6.54 Å². The molecule has 2 aromatic rings. The van der Waals surface area contributed by atoms with E-state index in [0.29, 0.717) is 13.0 Å². The second-order valence-corrected chi connectivity index (χ2v) is 8.11. The standard InChI is InChI=1S/C21H27NO5S/c1-18-11-13-20(14-12-18)28(24,25)27-16-8-3-2-7-15-22-21(23)26-17-19-9-5-4-6-10-19/h4-6,9-14H,2-3,7-8,15-17H2,1H3,(H,22,23). The molecule has 0 spiro atoms. The molecule has 1 N–H and O–H groups in total. The number of nitrogens with one attached hydrogen (secondary N) is 1. The second kappa shape index (κ2) is 11.5. The van der Waals surface area contributed by atoms with Crippen molar-refractivity contribution in [3.63, 3.8) is 0 Å². The van der Waals surface area contributed by atoms with Crippen molar-refractivity contribution < 1.29 is 22.1 Å². The summed E-state index contributed by atoms with van der Waals surface area (Å²) >= 11 is 0. The molecule has 6 nitrogen and oxygen atoms in total. The van der Waals surface area contributed by atoms with Gasteiger partial charge in [-0.25, -0.2) is 4.79 Å². The molecule has 1 amide bonds. The van der Waals surface area contributed by atoms with Crippen LogP contribution < -0.4 is 5.32 Å². The van der Waals surface area contributed by atoms with Gasteiger partial charge in [0.1, 0.15) is 6.61 Å². The molecule has 7 heteroatoms. The molecule has 0 heterocycles. The van der Waals surface area contributed by atoms with Gasteiger partial charge in [0.25, 0.3) is 10.1 Å². The summed E-state index contributed by atoms with van der Waals surface area (Å²) in [5.74, 6) is 0. The first-order chi connectivity index (χ1) is 13.5. The Kier molecular flexibility index (Phi) is 8.97. The molecule has 0 radical (unpaired) electrons. The topological polar surface area (TPSA) is 81.7 Å². The van der Waals surface area contributed by atoms with Crippen LogP contribution in [0.25, 0.3) is 0 Å². The number of carbonyl (C=O) groups is 1. The first-order valence-corrected chi connectivity index (χ1v) is 10.8. The van der Waals surface area contributed by atoms with E-state index in [1.807, 2.05) is 37.3 Å². The Morgan fingerprint density at radius 1 is 0.929 bits per heavy atom. The highest BCUT2D eigenvalue weighted by molar-refractivity contribution is 7.86. The fourth-order valence-corrected chi connectivity index (χ4v) is 3.43. The lowest BCUT2D eigenvalue weighted by molar-refractivity contribution is 0.139. The average Bonchev–Trinajstić information content (AvgIpc) is 2.69. The molecular formula is C21H27NO5S. The largest absolute Gasteiger partial charge is 0.445 e. The lowest BCUT2D eigenvalue weighted by Gasteiger charge is -2.08. The summed E-state index contributed by atoms with van der Waals surface area (Å²) in [5, 5.41) is 2.71. The first-order valence-electron chi connectivity index (χ1n) is 9.38. The molecule has 0 aliphatic carbocycles. The van der Waals surface area contributed by atoms with Gasteiger partial charge in [-0.1, -0.05) is 60.9 Å². The normalized spacial score (nSPS) is 11.2. The van der Waals surface area contributed by atoms with E-state index in [1.54, 1.807) is 24.3 Å². The number of benzene rings is 2. The van der Waals surface area contributed by atoms with Crippen molar-refractivity contribution in [1.29, 1.82) is 0 Å². The van der Waals surface area contributed by atoms with Crippen LogP contribution in [0.5, 0.6) is 0 Å². The summed E-state index contributed by atoms with van der Waals surface area (Å²) in [6, 6.07) is 16.1. The van der Waals surface area contributed by atoms with Crippen LogP contribution in [0.3, 0.4) is 0 Å². The molecule has 0 atom stereocenters. The minimum Gasteiger partial charge on any atom is -0.445 e. The van der Waals surface area contributed by atoms with Crippen molar-refractivity contribution in [1.82, 2.24) is 5.32 Å². The van der Waals surface area contributed by atoms with Crippen molar-refractivity contribution >= 4 is 16.2 Å². The molecule has 0 aromatic heterocycles. The SMILES string of the molecule is Cc1ccc(S(=O)(=O)OCCCCCCNC(=O)OCc2ccccc2)cc1. The Balaban J connectivity index is 1.50. The van der Waals surface area contributed by atoms with E-state index in [0.717, 1.165) is 30.4 Å². The first kappa shape index (κ1) is 21.9. The van der Waals surface area contributed by atoms with Crippen molar-refractivity contribution in [2.45, 2.75) is 44.1 Å². The average molecular weight is 406 g/mol. The molecule has 0 aliphatic heterocycles. The number of alkyl carbamates (subject to hydrolysis) is 1. The van der Waals surface area contributed by atoms with E-state index in [1.165, 1.54) is 0 Å². The van der Waals surface area contributed by atoms with Gasteiger partial charge in [0.05, 0.1) is 11.5 Å². The maximum absolute atomic E-state index is 12.0. The second-order valence-electron chi connectivity index (χ2n) is 6.49. The molecule has 2 rings (SSSR count). The molecule has 0 aliphatic rings. The van der Waals surface area contributed by atoms with Crippen molar-refractivity contribution in [3.8, 4) is 0 Å². The fourth-order valence-electron chi connectivity index (χ4n) is 2.49. The van der Waals surface area contributed by atoms with E-state index in [9.17, 15) is 13.2 Å². The monoisotopic (exact) mass is 405 g/mol. The van der Waals surface area contributed by atoms with Crippen LogP contribution in [0.15, 0.2) is 59.5 Å². The number of amides is 1. The quantitative estimate of drug-likeness (QED) is 0.448. The predicted octanol–water partition coefficient (Wildman–Crippen LogP) is 4.19.